The van der Waals surface area contributed by atoms with Gasteiger partial charge in [-0.15, -0.1) is 0 Å². The zero-order valence-corrected chi connectivity index (χ0v) is 15.0. The lowest BCUT2D eigenvalue weighted by atomic mass is 9.63. The molecule has 136 valence electrons. The monoisotopic (exact) mass is 359 g/mol. The largest absolute Gasteiger partial charge is 0.501 e. The first-order chi connectivity index (χ1) is 13.3. The quantitative estimate of drug-likeness (QED) is 0.764. The number of allylic oxidation sites excluding steroid dienone is 1. The fourth-order valence-electron chi connectivity index (χ4n) is 4.99. The van der Waals surface area contributed by atoms with Gasteiger partial charge in [0.1, 0.15) is 0 Å². The summed E-state index contributed by atoms with van der Waals surface area (Å²) in [5, 5.41) is 0. The van der Waals surface area contributed by atoms with E-state index in [1.54, 1.807) is 0 Å². The number of nitrogens with zero attached hydrogens (tertiary/aromatic N) is 1. The summed E-state index contributed by atoms with van der Waals surface area (Å²) >= 11 is 0. The van der Waals surface area contributed by atoms with E-state index in [0.29, 0.717) is 18.2 Å². The number of carbonyl (C=O) groups excluding carboxylic acids is 2. The van der Waals surface area contributed by atoms with E-state index in [-0.39, 0.29) is 29.6 Å². The summed E-state index contributed by atoms with van der Waals surface area (Å²) in [6.45, 7) is 0.678. The number of benzene rings is 2. The molecule has 4 atom stereocenters. The van der Waals surface area contributed by atoms with Gasteiger partial charge in [0.15, 0.2) is 0 Å². The Labute approximate surface area is 158 Å². The van der Waals surface area contributed by atoms with Gasteiger partial charge in [-0.1, -0.05) is 48.5 Å². The molecule has 0 radical (unpaired) electrons. The molecule has 4 nitrogen and oxygen atoms in total. The first-order valence-electron chi connectivity index (χ1n) is 9.55. The fraction of sp³-hybridized carbons (Fsp3) is 0.304. The maximum atomic E-state index is 13.4. The second-order valence-corrected chi connectivity index (χ2v) is 7.58. The highest BCUT2D eigenvalue weighted by molar-refractivity contribution is 6.22. The van der Waals surface area contributed by atoms with Gasteiger partial charge in [-0.25, -0.2) is 0 Å². The molecule has 1 saturated heterocycles. The number of fused-ring (bicyclic) bond motifs is 2. The second-order valence-electron chi connectivity index (χ2n) is 7.58. The van der Waals surface area contributed by atoms with Gasteiger partial charge >= 0.3 is 0 Å². The van der Waals surface area contributed by atoms with E-state index in [1.807, 2.05) is 54.8 Å². The SMILES string of the molecule is O=C1[C@@H]2[C@@H](CC3CCOC=C3[C@H]2c2ccccc2)C(=O)N1c1ccccc1. The molecule has 2 aromatic carbocycles. The fourth-order valence-corrected chi connectivity index (χ4v) is 4.99. The van der Waals surface area contributed by atoms with E-state index in [2.05, 4.69) is 12.1 Å². The first kappa shape index (κ1) is 16.3. The van der Waals surface area contributed by atoms with Crippen LogP contribution in [-0.4, -0.2) is 18.4 Å². The van der Waals surface area contributed by atoms with Crippen LogP contribution >= 0.6 is 0 Å². The van der Waals surface area contributed by atoms with Crippen LogP contribution in [0.3, 0.4) is 0 Å². The van der Waals surface area contributed by atoms with E-state index in [9.17, 15) is 9.59 Å². The first-order valence-corrected chi connectivity index (χ1v) is 9.55. The molecule has 2 heterocycles. The van der Waals surface area contributed by atoms with Crippen LogP contribution in [0.2, 0.25) is 0 Å². The molecule has 1 aliphatic carbocycles. The molecular formula is C23H21NO3. The summed E-state index contributed by atoms with van der Waals surface area (Å²) in [6.07, 6.45) is 3.49. The normalized spacial score (nSPS) is 29.6. The summed E-state index contributed by atoms with van der Waals surface area (Å²) < 4.78 is 5.64. The second kappa shape index (κ2) is 6.38. The zero-order chi connectivity index (χ0) is 18.4. The van der Waals surface area contributed by atoms with Crippen molar-refractivity contribution >= 4 is 17.5 Å². The smallest absolute Gasteiger partial charge is 0.238 e. The topological polar surface area (TPSA) is 46.6 Å². The van der Waals surface area contributed by atoms with Crippen LogP contribution in [0.1, 0.15) is 24.3 Å². The van der Waals surface area contributed by atoms with Gasteiger partial charge < -0.3 is 4.74 Å². The van der Waals surface area contributed by atoms with Crippen LogP contribution in [0, 0.1) is 17.8 Å². The van der Waals surface area contributed by atoms with Crippen molar-refractivity contribution in [2.24, 2.45) is 17.8 Å². The zero-order valence-electron chi connectivity index (χ0n) is 15.0. The minimum atomic E-state index is -0.357. The highest BCUT2D eigenvalue weighted by Crippen LogP contribution is 2.53. The average Bonchev–Trinajstić information content (AvgIpc) is 2.97. The number of amides is 2. The van der Waals surface area contributed by atoms with Crippen LogP contribution in [0.4, 0.5) is 5.69 Å². The standard InChI is InChI=1S/C23H21NO3/c25-22-18-13-16-11-12-27-14-19(16)20(15-7-3-1-4-8-15)21(18)23(26)24(22)17-9-5-2-6-10-17/h1-10,14,16,18,20-21H,11-13H2/t16?,18-,20-,21-/m1/s1. The van der Waals surface area contributed by atoms with Crippen LogP contribution in [-0.2, 0) is 14.3 Å². The number of carbonyl (C=O) groups is 2. The lowest BCUT2D eigenvalue weighted by Crippen LogP contribution is -2.37. The minimum absolute atomic E-state index is 0.0531. The van der Waals surface area contributed by atoms with Gasteiger partial charge in [0, 0.05) is 5.92 Å². The summed E-state index contributed by atoms with van der Waals surface area (Å²) in [4.78, 5) is 28.1. The molecule has 0 N–H and O–H groups in total. The van der Waals surface area contributed by atoms with Gasteiger partial charge in [-0.2, -0.15) is 0 Å². The van der Waals surface area contributed by atoms with E-state index in [4.69, 9.17) is 4.74 Å². The van der Waals surface area contributed by atoms with Crippen LogP contribution < -0.4 is 4.90 Å². The molecule has 2 aliphatic heterocycles. The number of ether oxygens (including phenoxy) is 1. The van der Waals surface area contributed by atoms with Crippen molar-refractivity contribution in [2.75, 3.05) is 11.5 Å². The molecule has 2 fully saturated rings. The molecule has 0 bridgehead atoms. The maximum Gasteiger partial charge on any atom is 0.238 e. The van der Waals surface area contributed by atoms with Crippen LogP contribution in [0.15, 0.2) is 72.5 Å². The molecule has 4 heteroatoms. The third-order valence-electron chi connectivity index (χ3n) is 6.18. The summed E-state index contributed by atoms with van der Waals surface area (Å²) in [5.41, 5.74) is 2.93. The number of anilines is 1. The Balaban J connectivity index is 1.62. The van der Waals surface area contributed by atoms with Crippen molar-refractivity contribution < 1.29 is 14.3 Å². The molecule has 2 aromatic rings. The number of para-hydroxylation sites is 1. The van der Waals surface area contributed by atoms with Crippen molar-refractivity contribution in [3.8, 4) is 0 Å². The number of hydrogen-bond donors (Lipinski definition) is 0. The number of rotatable bonds is 2. The van der Waals surface area contributed by atoms with Crippen molar-refractivity contribution in [3.05, 3.63) is 78.1 Å². The Hall–Kier alpha value is -2.88. The van der Waals surface area contributed by atoms with E-state index >= 15 is 0 Å². The van der Waals surface area contributed by atoms with Crippen molar-refractivity contribution in [1.29, 1.82) is 0 Å². The maximum absolute atomic E-state index is 13.4. The van der Waals surface area contributed by atoms with Crippen LogP contribution in [0.25, 0.3) is 0 Å². The Morgan fingerprint density at radius 2 is 1.59 bits per heavy atom. The molecular weight excluding hydrogens is 338 g/mol. The van der Waals surface area contributed by atoms with E-state index in [0.717, 1.165) is 18.4 Å². The summed E-state index contributed by atoms with van der Waals surface area (Å²) in [7, 11) is 0. The Morgan fingerprint density at radius 1 is 0.889 bits per heavy atom. The molecule has 1 saturated carbocycles. The van der Waals surface area contributed by atoms with E-state index < -0.39 is 0 Å². The van der Waals surface area contributed by atoms with Crippen molar-refractivity contribution in [2.45, 2.75) is 18.8 Å². The Kier molecular flexibility index (Phi) is 3.85. The van der Waals surface area contributed by atoms with Gasteiger partial charge in [0.25, 0.3) is 0 Å². The third-order valence-corrected chi connectivity index (χ3v) is 6.18. The van der Waals surface area contributed by atoms with Gasteiger partial charge in [0.05, 0.1) is 30.4 Å². The van der Waals surface area contributed by atoms with Crippen molar-refractivity contribution in [3.63, 3.8) is 0 Å². The predicted octanol–water partition coefficient (Wildman–Crippen LogP) is 3.90. The molecule has 2 amide bonds. The predicted molar refractivity (Wildman–Crippen MR) is 102 cm³/mol. The number of hydrogen-bond acceptors (Lipinski definition) is 3. The molecule has 5 rings (SSSR count). The van der Waals surface area contributed by atoms with Crippen LogP contribution in [0.5, 0.6) is 0 Å². The lowest BCUT2D eigenvalue weighted by Gasteiger charge is -2.40. The molecule has 0 aromatic heterocycles. The average molecular weight is 359 g/mol. The Bertz CT molecular complexity index is 906. The van der Waals surface area contributed by atoms with E-state index in [1.165, 1.54) is 10.5 Å². The van der Waals surface area contributed by atoms with Gasteiger partial charge in [-0.3, -0.25) is 14.5 Å². The molecule has 3 aliphatic rings. The van der Waals surface area contributed by atoms with Crippen molar-refractivity contribution in [1.82, 2.24) is 0 Å². The molecule has 1 unspecified atom stereocenters. The molecule has 0 spiro atoms. The minimum Gasteiger partial charge on any atom is -0.501 e. The third kappa shape index (κ3) is 2.51. The summed E-state index contributed by atoms with van der Waals surface area (Å²) in [5.74, 6) is -0.553. The molecule has 27 heavy (non-hydrogen) atoms. The highest BCUT2D eigenvalue weighted by atomic mass is 16.5. The summed E-state index contributed by atoms with van der Waals surface area (Å²) in [6, 6.07) is 19.4. The number of imide groups is 1. The lowest BCUT2D eigenvalue weighted by molar-refractivity contribution is -0.122. The highest BCUT2D eigenvalue weighted by Gasteiger charge is 2.56. The van der Waals surface area contributed by atoms with Gasteiger partial charge in [0.2, 0.25) is 11.8 Å². The Morgan fingerprint density at radius 3 is 2.33 bits per heavy atom. The van der Waals surface area contributed by atoms with Gasteiger partial charge in [-0.05, 0) is 42.0 Å².